The number of aromatic nitrogens is 1. The Labute approximate surface area is 149 Å². The van der Waals surface area contributed by atoms with Crippen LogP contribution in [-0.4, -0.2) is 40.8 Å². The molecule has 1 aromatic heterocycles. The van der Waals surface area contributed by atoms with E-state index in [0.717, 1.165) is 10.9 Å². The van der Waals surface area contributed by atoms with E-state index >= 15 is 0 Å². The predicted octanol–water partition coefficient (Wildman–Crippen LogP) is 3.25. The van der Waals surface area contributed by atoms with Crippen molar-refractivity contribution >= 4 is 28.3 Å². The minimum Gasteiger partial charge on any atom is -0.364 e. The molecule has 1 heterocycles. The first-order valence-electron chi connectivity index (χ1n) is 8.26. The summed E-state index contributed by atoms with van der Waals surface area (Å²) in [7, 11) is 1.65. The maximum Gasteiger partial charge on any atom is 0.209 e. The molecule has 0 spiro atoms. The van der Waals surface area contributed by atoms with Crippen LogP contribution in [-0.2, 0) is 0 Å². The van der Waals surface area contributed by atoms with Crippen LogP contribution < -0.4 is 0 Å². The van der Waals surface area contributed by atoms with Crippen LogP contribution in [0.3, 0.4) is 0 Å². The molecular weight excluding hydrogens is 328 g/mol. The molecule has 0 saturated heterocycles. The molecule has 0 bridgehead atoms. The van der Waals surface area contributed by atoms with E-state index < -0.39 is 0 Å². The number of carbonyl (C=O) groups is 3. The lowest BCUT2D eigenvalue weighted by molar-refractivity contribution is 0.0918. The topological polar surface area (TPSA) is 70.2 Å². The number of likely N-dealkylation sites (N-methyl/N-ethyl adjacent to an activating group) is 1. The van der Waals surface area contributed by atoms with E-state index in [2.05, 4.69) is 4.98 Å². The first kappa shape index (κ1) is 16.0. The fourth-order valence-corrected chi connectivity index (χ4v) is 3.27. The maximum absolute atomic E-state index is 12.7. The van der Waals surface area contributed by atoms with Crippen molar-refractivity contribution in [3.05, 3.63) is 83.2 Å². The van der Waals surface area contributed by atoms with Gasteiger partial charge in [-0.1, -0.05) is 42.5 Å². The zero-order valence-electron chi connectivity index (χ0n) is 14.2. The van der Waals surface area contributed by atoms with E-state index in [1.54, 1.807) is 42.4 Å². The number of hydrogen-bond acceptors (Lipinski definition) is 4. The SMILES string of the molecule is CN(CC(=O)c1c[nH]c2ccccc12)C1=CC(=O)c2ccccc2C1=O. The van der Waals surface area contributed by atoms with Crippen molar-refractivity contribution < 1.29 is 14.4 Å². The van der Waals surface area contributed by atoms with E-state index in [0.29, 0.717) is 16.7 Å². The lowest BCUT2D eigenvalue weighted by Crippen LogP contribution is -2.32. The molecule has 1 aliphatic carbocycles. The average Bonchev–Trinajstić information content (AvgIpc) is 3.09. The van der Waals surface area contributed by atoms with Crippen LogP contribution in [0.25, 0.3) is 10.9 Å². The lowest BCUT2D eigenvalue weighted by atomic mass is 9.92. The van der Waals surface area contributed by atoms with Crippen molar-refractivity contribution in [3.8, 4) is 0 Å². The van der Waals surface area contributed by atoms with Gasteiger partial charge < -0.3 is 9.88 Å². The van der Waals surface area contributed by atoms with E-state index in [4.69, 9.17) is 0 Å². The number of allylic oxidation sites excluding steroid dienone is 2. The van der Waals surface area contributed by atoms with Crippen molar-refractivity contribution in [1.82, 2.24) is 9.88 Å². The molecule has 0 radical (unpaired) electrons. The molecule has 0 amide bonds. The third kappa shape index (κ3) is 2.54. The number of carbonyl (C=O) groups excluding carboxylic acids is 3. The Balaban J connectivity index is 1.61. The summed E-state index contributed by atoms with van der Waals surface area (Å²) in [4.78, 5) is 42.3. The third-order valence-corrected chi connectivity index (χ3v) is 4.62. The second kappa shape index (κ2) is 6.11. The second-order valence-electron chi connectivity index (χ2n) is 6.30. The zero-order chi connectivity index (χ0) is 18.3. The van der Waals surface area contributed by atoms with Crippen LogP contribution in [0.15, 0.2) is 66.5 Å². The molecule has 4 rings (SSSR count). The summed E-state index contributed by atoms with van der Waals surface area (Å²) in [5, 5.41) is 0.844. The summed E-state index contributed by atoms with van der Waals surface area (Å²) in [6.07, 6.45) is 2.99. The first-order valence-corrected chi connectivity index (χ1v) is 8.26. The summed E-state index contributed by atoms with van der Waals surface area (Å²) in [5.74, 6) is -0.582. The Morgan fingerprint density at radius 1 is 1.00 bits per heavy atom. The molecule has 0 atom stereocenters. The molecule has 5 nitrogen and oxygen atoms in total. The van der Waals surface area contributed by atoms with Gasteiger partial charge in [-0.25, -0.2) is 0 Å². The van der Waals surface area contributed by atoms with Crippen molar-refractivity contribution in [2.75, 3.05) is 13.6 Å². The van der Waals surface area contributed by atoms with Crippen molar-refractivity contribution in [1.29, 1.82) is 0 Å². The molecule has 0 aliphatic heterocycles. The number of rotatable bonds is 4. The van der Waals surface area contributed by atoms with E-state index in [9.17, 15) is 14.4 Å². The highest BCUT2D eigenvalue weighted by Crippen LogP contribution is 2.24. The van der Waals surface area contributed by atoms with Gasteiger partial charge in [0.1, 0.15) is 0 Å². The smallest absolute Gasteiger partial charge is 0.209 e. The normalized spacial score (nSPS) is 13.5. The van der Waals surface area contributed by atoms with Crippen molar-refractivity contribution in [2.45, 2.75) is 0 Å². The molecule has 128 valence electrons. The Bertz CT molecular complexity index is 1090. The van der Waals surface area contributed by atoms with Gasteiger partial charge in [-0.05, 0) is 6.07 Å². The number of aromatic amines is 1. The summed E-state index contributed by atoms with van der Waals surface area (Å²) >= 11 is 0. The Morgan fingerprint density at radius 2 is 1.69 bits per heavy atom. The molecule has 5 heteroatoms. The molecule has 1 N–H and O–H groups in total. The highest BCUT2D eigenvalue weighted by atomic mass is 16.1. The van der Waals surface area contributed by atoms with Gasteiger partial charge >= 0.3 is 0 Å². The maximum atomic E-state index is 12.7. The number of benzene rings is 2. The van der Waals surface area contributed by atoms with Gasteiger partial charge in [-0.15, -0.1) is 0 Å². The van der Waals surface area contributed by atoms with E-state index in [-0.39, 0.29) is 29.6 Å². The highest BCUT2D eigenvalue weighted by Gasteiger charge is 2.28. The molecule has 2 aromatic carbocycles. The van der Waals surface area contributed by atoms with Gasteiger partial charge in [0.2, 0.25) is 5.78 Å². The van der Waals surface area contributed by atoms with Crippen LogP contribution in [0.2, 0.25) is 0 Å². The van der Waals surface area contributed by atoms with Gasteiger partial charge in [0, 0.05) is 46.9 Å². The summed E-state index contributed by atoms with van der Waals surface area (Å²) in [6, 6.07) is 14.3. The summed E-state index contributed by atoms with van der Waals surface area (Å²) in [6.45, 7) is 0.00880. The third-order valence-electron chi connectivity index (χ3n) is 4.62. The van der Waals surface area contributed by atoms with Gasteiger partial charge in [-0.3, -0.25) is 14.4 Å². The van der Waals surface area contributed by atoms with Crippen molar-refractivity contribution in [3.63, 3.8) is 0 Å². The van der Waals surface area contributed by atoms with Crippen LogP contribution in [0.4, 0.5) is 0 Å². The molecule has 0 saturated carbocycles. The Kier molecular flexibility index (Phi) is 3.77. The quantitative estimate of drug-likeness (QED) is 0.738. The monoisotopic (exact) mass is 344 g/mol. The number of ketones is 3. The Morgan fingerprint density at radius 3 is 2.50 bits per heavy atom. The molecule has 3 aromatic rings. The van der Waals surface area contributed by atoms with E-state index in [1.807, 2.05) is 24.3 Å². The van der Waals surface area contributed by atoms with Gasteiger partial charge in [0.15, 0.2) is 11.6 Å². The van der Waals surface area contributed by atoms with Gasteiger partial charge in [0.05, 0.1) is 12.2 Å². The molecular formula is C21H16N2O3. The fourth-order valence-electron chi connectivity index (χ4n) is 3.27. The van der Waals surface area contributed by atoms with E-state index in [1.165, 1.54) is 6.08 Å². The first-order chi connectivity index (χ1) is 12.6. The number of nitrogens with zero attached hydrogens (tertiary/aromatic N) is 1. The number of Topliss-reactive ketones (excluding diaryl/α,β-unsaturated/α-hetero) is 2. The van der Waals surface area contributed by atoms with Gasteiger partial charge in [-0.2, -0.15) is 0 Å². The standard InChI is InChI=1S/C21H16N2O3/c1-23(12-20(25)16-11-22-17-9-5-4-6-13(16)17)18-10-19(24)14-7-2-3-8-15(14)21(18)26/h2-11,22H,12H2,1H3. The summed E-state index contributed by atoms with van der Waals surface area (Å²) in [5.41, 5.74) is 2.47. The van der Waals surface area contributed by atoms with Gasteiger partial charge in [0.25, 0.3) is 0 Å². The van der Waals surface area contributed by atoms with Crippen molar-refractivity contribution in [2.24, 2.45) is 0 Å². The van der Waals surface area contributed by atoms with Crippen LogP contribution in [0, 0.1) is 0 Å². The zero-order valence-corrected chi connectivity index (χ0v) is 14.2. The molecule has 0 unspecified atom stereocenters. The lowest BCUT2D eigenvalue weighted by Gasteiger charge is -2.24. The number of fused-ring (bicyclic) bond motifs is 2. The number of para-hydroxylation sites is 1. The second-order valence-corrected chi connectivity index (χ2v) is 6.30. The number of hydrogen-bond donors (Lipinski definition) is 1. The largest absolute Gasteiger partial charge is 0.364 e. The molecule has 1 aliphatic rings. The Hall–Kier alpha value is -3.47. The molecule has 26 heavy (non-hydrogen) atoms. The van der Waals surface area contributed by atoms with Crippen LogP contribution in [0.1, 0.15) is 31.1 Å². The fraction of sp³-hybridized carbons (Fsp3) is 0.0952. The minimum atomic E-state index is -0.241. The van der Waals surface area contributed by atoms with Crippen LogP contribution in [0.5, 0.6) is 0 Å². The average molecular weight is 344 g/mol. The highest BCUT2D eigenvalue weighted by molar-refractivity contribution is 6.24. The predicted molar refractivity (Wildman–Crippen MR) is 98.4 cm³/mol. The number of nitrogens with one attached hydrogen (secondary N) is 1. The summed E-state index contributed by atoms with van der Waals surface area (Å²) < 4.78 is 0. The minimum absolute atomic E-state index is 0.00880. The van der Waals surface area contributed by atoms with Crippen LogP contribution >= 0.6 is 0 Å². The molecule has 0 fully saturated rings. The number of H-pyrrole nitrogens is 1.